The second-order valence-electron chi connectivity index (χ2n) is 6.73. The van der Waals surface area contributed by atoms with Crippen molar-refractivity contribution in [1.29, 1.82) is 0 Å². The van der Waals surface area contributed by atoms with Gasteiger partial charge in [0, 0.05) is 42.1 Å². The van der Waals surface area contributed by atoms with Crippen molar-refractivity contribution >= 4 is 27.9 Å². The Bertz CT molecular complexity index is 1220. The molecular weight excluding hydrogens is 392 g/mol. The third-order valence-corrected chi connectivity index (χ3v) is 5.57. The Morgan fingerprint density at radius 2 is 2.14 bits per heavy atom. The van der Waals surface area contributed by atoms with Crippen LogP contribution in [-0.4, -0.2) is 41.7 Å². The maximum Gasteiger partial charge on any atom is 0.294 e. The summed E-state index contributed by atoms with van der Waals surface area (Å²) in [7, 11) is 1.68. The van der Waals surface area contributed by atoms with E-state index in [2.05, 4.69) is 9.97 Å². The highest BCUT2D eigenvalue weighted by molar-refractivity contribution is 7.17. The number of rotatable bonds is 5. The van der Waals surface area contributed by atoms with Crippen LogP contribution in [0.2, 0.25) is 0 Å². The maximum absolute atomic E-state index is 13.0. The molecule has 0 N–H and O–H groups in total. The fourth-order valence-electron chi connectivity index (χ4n) is 3.24. The van der Waals surface area contributed by atoms with E-state index in [1.807, 2.05) is 24.4 Å². The molecule has 0 bridgehead atoms. The number of aryl methyl sites for hydroxylation is 2. The predicted octanol–water partition coefficient (Wildman–Crippen LogP) is 3.38. The average molecular weight is 410 g/mol. The fourth-order valence-corrected chi connectivity index (χ4v) is 4.13. The molecule has 0 fully saturated rings. The van der Waals surface area contributed by atoms with Crippen molar-refractivity contribution < 1.29 is 9.72 Å². The number of nitro benzene ring substituents is 1. The van der Waals surface area contributed by atoms with E-state index in [1.165, 1.54) is 18.6 Å². The molecule has 0 aliphatic rings. The topological polar surface area (TPSA) is 98.6 Å². The number of imidazole rings is 2. The van der Waals surface area contributed by atoms with Crippen LogP contribution in [0, 0.1) is 24.0 Å². The Morgan fingerprint density at radius 3 is 2.83 bits per heavy atom. The number of carbonyl (C=O) groups excluding carboxylic acids is 1. The van der Waals surface area contributed by atoms with Crippen molar-refractivity contribution in [1.82, 2.24) is 23.8 Å². The molecule has 3 aromatic heterocycles. The summed E-state index contributed by atoms with van der Waals surface area (Å²) in [6.07, 6.45) is 6.63. The summed E-state index contributed by atoms with van der Waals surface area (Å²) >= 11 is 1.59. The van der Waals surface area contributed by atoms with Crippen LogP contribution in [0.4, 0.5) is 5.69 Å². The van der Waals surface area contributed by atoms with Gasteiger partial charge < -0.3 is 9.47 Å². The van der Waals surface area contributed by atoms with Gasteiger partial charge in [0.2, 0.25) is 0 Å². The van der Waals surface area contributed by atoms with Gasteiger partial charge in [-0.25, -0.2) is 9.97 Å². The van der Waals surface area contributed by atoms with Crippen LogP contribution in [-0.2, 0) is 6.54 Å². The van der Waals surface area contributed by atoms with Crippen LogP contribution in [0.3, 0.4) is 0 Å². The zero-order valence-corrected chi connectivity index (χ0v) is 16.9. The maximum atomic E-state index is 13.0. The number of fused-ring (bicyclic) bond motifs is 1. The van der Waals surface area contributed by atoms with E-state index in [-0.39, 0.29) is 17.2 Å². The van der Waals surface area contributed by atoms with Crippen LogP contribution >= 0.6 is 11.3 Å². The molecule has 1 aromatic carbocycles. The Kier molecular flexibility index (Phi) is 4.63. The molecule has 9 nitrogen and oxygen atoms in total. The summed E-state index contributed by atoms with van der Waals surface area (Å²) in [5, 5.41) is 11.5. The summed E-state index contributed by atoms with van der Waals surface area (Å²) in [6.45, 7) is 4.26. The van der Waals surface area contributed by atoms with E-state index in [0.717, 1.165) is 21.2 Å². The molecule has 0 saturated heterocycles. The minimum atomic E-state index is -0.495. The molecule has 10 heteroatoms. The van der Waals surface area contributed by atoms with Gasteiger partial charge in [0.05, 0.1) is 29.2 Å². The number of hydrogen-bond donors (Lipinski definition) is 0. The number of thiazole rings is 1. The SMILES string of the molecule is Cc1cn2c(CN(C)C(=O)c3ccc(-n4ccnc4)c([N+](=O)[O-])c3)c(C)nc2s1. The van der Waals surface area contributed by atoms with Gasteiger partial charge in [0.15, 0.2) is 4.96 Å². The van der Waals surface area contributed by atoms with Gasteiger partial charge in [-0.15, -0.1) is 11.3 Å². The minimum Gasteiger partial charge on any atom is -0.336 e. The van der Waals surface area contributed by atoms with Crippen LogP contribution in [0.25, 0.3) is 10.6 Å². The van der Waals surface area contributed by atoms with E-state index >= 15 is 0 Å². The highest BCUT2D eigenvalue weighted by atomic mass is 32.1. The first kappa shape index (κ1) is 18.8. The normalized spacial score (nSPS) is 11.1. The third kappa shape index (κ3) is 3.38. The molecule has 0 atom stereocenters. The minimum absolute atomic E-state index is 0.154. The van der Waals surface area contributed by atoms with E-state index in [1.54, 1.807) is 46.2 Å². The van der Waals surface area contributed by atoms with Crippen LogP contribution < -0.4 is 0 Å². The average Bonchev–Trinajstić information content (AvgIpc) is 3.39. The molecule has 148 valence electrons. The molecule has 4 aromatic rings. The number of hydrogen-bond acceptors (Lipinski definition) is 6. The molecule has 0 aliphatic heterocycles. The Balaban J connectivity index is 1.64. The smallest absolute Gasteiger partial charge is 0.294 e. The quantitative estimate of drug-likeness (QED) is 0.371. The van der Waals surface area contributed by atoms with Gasteiger partial charge in [-0.1, -0.05) is 0 Å². The van der Waals surface area contributed by atoms with E-state index < -0.39 is 4.92 Å². The van der Waals surface area contributed by atoms with Crippen molar-refractivity contribution in [2.45, 2.75) is 20.4 Å². The molecule has 1 amide bonds. The summed E-state index contributed by atoms with van der Waals surface area (Å²) in [5.41, 5.74) is 2.23. The first-order valence-corrected chi connectivity index (χ1v) is 9.63. The first-order chi connectivity index (χ1) is 13.8. The number of nitro groups is 1. The molecule has 0 radical (unpaired) electrons. The summed E-state index contributed by atoms with van der Waals surface area (Å²) in [5.74, 6) is -0.299. The highest BCUT2D eigenvalue weighted by Gasteiger charge is 2.22. The van der Waals surface area contributed by atoms with Gasteiger partial charge in [-0.05, 0) is 26.0 Å². The fraction of sp³-hybridized carbons (Fsp3) is 0.211. The van der Waals surface area contributed by atoms with Crippen molar-refractivity contribution in [2.24, 2.45) is 0 Å². The molecule has 0 aliphatic carbocycles. The lowest BCUT2D eigenvalue weighted by Crippen LogP contribution is -2.27. The van der Waals surface area contributed by atoms with Crippen molar-refractivity contribution in [3.8, 4) is 5.69 Å². The Morgan fingerprint density at radius 1 is 1.34 bits per heavy atom. The monoisotopic (exact) mass is 410 g/mol. The van der Waals surface area contributed by atoms with Gasteiger partial charge in [0.1, 0.15) is 5.69 Å². The van der Waals surface area contributed by atoms with Gasteiger partial charge in [0.25, 0.3) is 11.6 Å². The van der Waals surface area contributed by atoms with Gasteiger partial charge in [-0.2, -0.15) is 0 Å². The summed E-state index contributed by atoms with van der Waals surface area (Å²) in [6, 6.07) is 4.46. The van der Waals surface area contributed by atoms with Crippen molar-refractivity contribution in [2.75, 3.05) is 7.05 Å². The number of nitrogens with zero attached hydrogens (tertiary/aromatic N) is 6. The summed E-state index contributed by atoms with van der Waals surface area (Å²) in [4.78, 5) is 36.0. The van der Waals surface area contributed by atoms with Crippen molar-refractivity contribution in [3.05, 3.63) is 75.1 Å². The lowest BCUT2D eigenvalue weighted by Gasteiger charge is -2.17. The standard InChI is InChI=1S/C19H18N6O3S/c1-12-9-24-17(13(2)21-19(24)29-12)10-22(3)18(26)14-4-5-15(16(8-14)25(27)28)23-7-6-20-11-23/h4-9,11H,10H2,1-3H3. The largest absolute Gasteiger partial charge is 0.336 e. The molecular formula is C19H18N6O3S. The van der Waals surface area contributed by atoms with E-state index in [0.29, 0.717) is 12.2 Å². The second-order valence-corrected chi connectivity index (χ2v) is 7.94. The molecule has 3 heterocycles. The number of amides is 1. The van der Waals surface area contributed by atoms with Crippen LogP contribution in [0.1, 0.15) is 26.6 Å². The van der Waals surface area contributed by atoms with Crippen LogP contribution in [0.5, 0.6) is 0 Å². The third-order valence-electron chi connectivity index (χ3n) is 4.68. The predicted molar refractivity (Wildman–Crippen MR) is 109 cm³/mol. The number of aromatic nitrogens is 4. The number of carbonyl (C=O) groups is 1. The Labute approximate surface area is 170 Å². The van der Waals surface area contributed by atoms with Crippen LogP contribution in [0.15, 0.2) is 43.1 Å². The molecule has 0 spiro atoms. The zero-order chi connectivity index (χ0) is 20.7. The number of benzene rings is 1. The van der Waals surface area contributed by atoms with Crippen molar-refractivity contribution in [3.63, 3.8) is 0 Å². The Hall–Kier alpha value is -3.53. The zero-order valence-electron chi connectivity index (χ0n) is 16.1. The first-order valence-electron chi connectivity index (χ1n) is 8.81. The van der Waals surface area contributed by atoms with Gasteiger partial charge in [-0.3, -0.25) is 19.3 Å². The molecule has 4 rings (SSSR count). The lowest BCUT2D eigenvalue weighted by molar-refractivity contribution is -0.384. The molecule has 0 saturated carbocycles. The van der Waals surface area contributed by atoms with E-state index in [4.69, 9.17) is 0 Å². The van der Waals surface area contributed by atoms with Gasteiger partial charge >= 0.3 is 0 Å². The second kappa shape index (κ2) is 7.13. The molecule has 0 unspecified atom stereocenters. The molecule has 29 heavy (non-hydrogen) atoms. The summed E-state index contributed by atoms with van der Waals surface area (Å²) < 4.78 is 3.53. The van der Waals surface area contributed by atoms with E-state index in [9.17, 15) is 14.9 Å². The highest BCUT2D eigenvalue weighted by Crippen LogP contribution is 2.26. The lowest BCUT2D eigenvalue weighted by atomic mass is 10.1.